The Balaban J connectivity index is 1.78. The maximum absolute atomic E-state index is 13.2. The Hall–Kier alpha value is -3.60. The van der Waals surface area contributed by atoms with Crippen molar-refractivity contribution in [2.45, 2.75) is 45.6 Å². The Morgan fingerprint density at radius 3 is 2.28 bits per heavy atom. The minimum absolute atomic E-state index is 0.0317. The van der Waals surface area contributed by atoms with Crippen LogP contribution in [0.25, 0.3) is 0 Å². The van der Waals surface area contributed by atoms with Crippen LogP contribution in [0.5, 0.6) is 0 Å². The highest BCUT2D eigenvalue weighted by molar-refractivity contribution is 6.20. The number of amides is 1. The highest BCUT2D eigenvalue weighted by Gasteiger charge is 2.45. The minimum Gasteiger partial charge on any atom is -0.503 e. The second-order valence-corrected chi connectivity index (χ2v) is 8.01. The van der Waals surface area contributed by atoms with Crippen molar-refractivity contribution in [2.24, 2.45) is 0 Å². The van der Waals surface area contributed by atoms with Gasteiger partial charge in [0.25, 0.3) is 5.91 Å². The second kappa shape index (κ2) is 9.27. The Morgan fingerprint density at radius 1 is 1.00 bits per heavy atom. The molecule has 0 spiro atoms. The van der Waals surface area contributed by atoms with Crippen molar-refractivity contribution in [2.75, 3.05) is 4.90 Å². The van der Waals surface area contributed by atoms with E-state index in [1.165, 1.54) is 22.8 Å². The Kier molecular flexibility index (Phi) is 6.26. The molecule has 5 nitrogen and oxygen atoms in total. The van der Waals surface area contributed by atoms with Gasteiger partial charge in [0.05, 0.1) is 17.9 Å². The number of nitrogens with zero attached hydrogens (tertiary/aromatic N) is 1. The third kappa shape index (κ3) is 3.98. The first kappa shape index (κ1) is 21.6. The molecule has 1 amide bonds. The average Bonchev–Trinajstić information content (AvgIpc) is 3.45. The van der Waals surface area contributed by atoms with Gasteiger partial charge in [-0.2, -0.15) is 0 Å². The highest BCUT2D eigenvalue weighted by Crippen LogP contribution is 2.42. The third-order valence-electron chi connectivity index (χ3n) is 5.93. The lowest BCUT2D eigenvalue weighted by molar-refractivity contribution is -0.117. The number of aryl methyl sites for hydroxylation is 2. The van der Waals surface area contributed by atoms with Gasteiger partial charge in [-0.05, 0) is 60.2 Å². The van der Waals surface area contributed by atoms with Gasteiger partial charge in [0, 0.05) is 5.69 Å². The molecule has 0 aliphatic carbocycles. The Morgan fingerprint density at radius 2 is 1.69 bits per heavy atom. The average molecular weight is 430 g/mol. The fourth-order valence-electron chi connectivity index (χ4n) is 4.10. The molecule has 164 valence electrons. The van der Waals surface area contributed by atoms with Crippen LogP contribution < -0.4 is 4.90 Å². The summed E-state index contributed by atoms with van der Waals surface area (Å²) in [5, 5.41) is 10.8. The fraction of sp³-hybridized carbons (Fsp3) is 0.259. The SMILES string of the molecule is CCCCc1ccc(N2C(=O)C(O)=C(C(=O)c3ccco3)C2c2ccc(CC)cc2)cc1. The molecule has 0 radical (unpaired) electrons. The molecule has 32 heavy (non-hydrogen) atoms. The number of aliphatic hydroxyl groups excluding tert-OH is 1. The molecule has 1 aromatic heterocycles. The number of hydrogen-bond acceptors (Lipinski definition) is 4. The fourth-order valence-corrected chi connectivity index (χ4v) is 4.10. The van der Waals surface area contributed by atoms with Gasteiger partial charge in [-0.25, -0.2) is 0 Å². The van der Waals surface area contributed by atoms with Crippen LogP contribution in [-0.2, 0) is 17.6 Å². The van der Waals surface area contributed by atoms with Crippen LogP contribution in [0.1, 0.15) is 60.0 Å². The molecule has 1 aliphatic rings. The summed E-state index contributed by atoms with van der Waals surface area (Å²) in [4.78, 5) is 27.9. The van der Waals surface area contributed by atoms with E-state index in [0.717, 1.165) is 36.8 Å². The van der Waals surface area contributed by atoms with E-state index >= 15 is 0 Å². The van der Waals surface area contributed by atoms with Crippen molar-refractivity contribution < 1.29 is 19.1 Å². The number of unbranched alkanes of at least 4 members (excludes halogenated alkanes) is 1. The van der Waals surface area contributed by atoms with Gasteiger partial charge >= 0.3 is 0 Å². The molecule has 3 aromatic rings. The number of benzene rings is 2. The van der Waals surface area contributed by atoms with Crippen molar-refractivity contribution in [1.82, 2.24) is 0 Å². The monoisotopic (exact) mass is 429 g/mol. The van der Waals surface area contributed by atoms with Crippen LogP contribution in [0.15, 0.2) is 82.7 Å². The Labute approximate surface area is 188 Å². The van der Waals surface area contributed by atoms with E-state index in [1.807, 2.05) is 48.5 Å². The number of anilines is 1. The van der Waals surface area contributed by atoms with Gasteiger partial charge in [0.2, 0.25) is 5.78 Å². The van der Waals surface area contributed by atoms with Gasteiger partial charge in [0.15, 0.2) is 11.5 Å². The molecule has 2 aromatic carbocycles. The number of carbonyl (C=O) groups excluding carboxylic acids is 2. The second-order valence-electron chi connectivity index (χ2n) is 8.01. The summed E-state index contributed by atoms with van der Waals surface area (Å²) in [7, 11) is 0. The van der Waals surface area contributed by atoms with Crippen molar-refractivity contribution in [3.05, 3.63) is 101 Å². The zero-order chi connectivity index (χ0) is 22.7. The van der Waals surface area contributed by atoms with Crippen LogP contribution in [0.3, 0.4) is 0 Å². The molecule has 0 saturated heterocycles. The Bertz CT molecular complexity index is 1130. The first-order chi connectivity index (χ1) is 15.5. The van der Waals surface area contributed by atoms with Crippen LogP contribution in [0, 0.1) is 0 Å². The van der Waals surface area contributed by atoms with E-state index in [2.05, 4.69) is 13.8 Å². The molecule has 1 unspecified atom stereocenters. The topological polar surface area (TPSA) is 70.8 Å². The quantitative estimate of drug-likeness (QED) is 0.448. The molecule has 0 fully saturated rings. The molecule has 0 saturated carbocycles. The smallest absolute Gasteiger partial charge is 0.294 e. The van der Waals surface area contributed by atoms with E-state index in [0.29, 0.717) is 5.69 Å². The van der Waals surface area contributed by atoms with Crippen LogP contribution >= 0.6 is 0 Å². The largest absolute Gasteiger partial charge is 0.503 e. The van der Waals surface area contributed by atoms with E-state index in [9.17, 15) is 14.7 Å². The van der Waals surface area contributed by atoms with Crippen molar-refractivity contribution in [1.29, 1.82) is 0 Å². The summed E-state index contributed by atoms with van der Waals surface area (Å²) in [6.07, 6.45) is 5.46. The number of carbonyl (C=O) groups is 2. The summed E-state index contributed by atoms with van der Waals surface area (Å²) in [5.74, 6) is -1.53. The van der Waals surface area contributed by atoms with Crippen LogP contribution in [-0.4, -0.2) is 16.8 Å². The number of rotatable bonds is 8. The van der Waals surface area contributed by atoms with E-state index in [-0.39, 0.29) is 11.3 Å². The van der Waals surface area contributed by atoms with Gasteiger partial charge < -0.3 is 9.52 Å². The van der Waals surface area contributed by atoms with Crippen molar-refractivity contribution in [3.8, 4) is 0 Å². The lowest BCUT2D eigenvalue weighted by Gasteiger charge is -2.27. The maximum atomic E-state index is 13.2. The van der Waals surface area contributed by atoms with Crippen molar-refractivity contribution in [3.63, 3.8) is 0 Å². The number of furan rings is 1. The van der Waals surface area contributed by atoms with E-state index in [4.69, 9.17) is 4.42 Å². The number of aliphatic hydroxyl groups is 1. The molecular weight excluding hydrogens is 402 g/mol. The summed E-state index contributed by atoms with van der Waals surface area (Å²) >= 11 is 0. The zero-order valence-corrected chi connectivity index (χ0v) is 18.4. The highest BCUT2D eigenvalue weighted by atomic mass is 16.3. The summed E-state index contributed by atoms with van der Waals surface area (Å²) in [6, 6.07) is 17.9. The molecule has 5 heteroatoms. The lowest BCUT2D eigenvalue weighted by atomic mass is 9.94. The number of ketones is 1. The lowest BCUT2D eigenvalue weighted by Crippen LogP contribution is -2.31. The van der Waals surface area contributed by atoms with Gasteiger partial charge in [-0.1, -0.05) is 56.7 Å². The zero-order valence-electron chi connectivity index (χ0n) is 18.4. The van der Waals surface area contributed by atoms with Gasteiger partial charge in [-0.15, -0.1) is 0 Å². The summed E-state index contributed by atoms with van der Waals surface area (Å²) < 4.78 is 5.28. The van der Waals surface area contributed by atoms with Gasteiger partial charge in [0.1, 0.15) is 0 Å². The van der Waals surface area contributed by atoms with Crippen LogP contribution in [0.4, 0.5) is 5.69 Å². The predicted molar refractivity (Wildman–Crippen MR) is 124 cm³/mol. The first-order valence-corrected chi connectivity index (χ1v) is 11.1. The minimum atomic E-state index is -0.743. The predicted octanol–water partition coefficient (Wildman–Crippen LogP) is 5.97. The first-order valence-electron chi connectivity index (χ1n) is 11.1. The van der Waals surface area contributed by atoms with E-state index < -0.39 is 23.5 Å². The normalized spacial score (nSPS) is 16.1. The maximum Gasteiger partial charge on any atom is 0.294 e. The standard InChI is InChI=1S/C27H27NO4/c1-3-5-7-19-11-15-21(16-12-19)28-24(20-13-9-18(4-2)10-14-20)23(26(30)27(28)31)25(29)22-8-6-17-32-22/h6,8-17,24,30H,3-5,7H2,1-2H3. The third-order valence-corrected chi connectivity index (χ3v) is 5.93. The molecule has 2 heterocycles. The molecule has 1 N–H and O–H groups in total. The summed E-state index contributed by atoms with van der Waals surface area (Å²) in [6.45, 7) is 4.22. The molecular formula is C27H27NO4. The van der Waals surface area contributed by atoms with Crippen LogP contribution in [0.2, 0.25) is 0 Å². The summed E-state index contributed by atoms with van der Waals surface area (Å²) in [5.41, 5.74) is 3.76. The number of Topliss-reactive ketones (excluding diaryl/α,β-unsaturated/α-hetero) is 1. The molecule has 0 bridgehead atoms. The van der Waals surface area contributed by atoms with E-state index in [1.54, 1.807) is 6.07 Å². The van der Waals surface area contributed by atoms with Crippen molar-refractivity contribution >= 4 is 17.4 Å². The van der Waals surface area contributed by atoms with Gasteiger partial charge in [-0.3, -0.25) is 14.5 Å². The molecule has 1 atom stereocenters. The molecule has 1 aliphatic heterocycles. The molecule has 4 rings (SSSR count). The number of hydrogen-bond donors (Lipinski definition) is 1.